The van der Waals surface area contributed by atoms with Gasteiger partial charge in [0, 0.05) is 6.54 Å². The molecule has 0 radical (unpaired) electrons. The van der Waals surface area contributed by atoms with Gasteiger partial charge in [-0.15, -0.1) is 0 Å². The fourth-order valence-electron chi connectivity index (χ4n) is 1.91. The molecule has 20 heavy (non-hydrogen) atoms. The van der Waals surface area contributed by atoms with Crippen molar-refractivity contribution in [3.63, 3.8) is 0 Å². The molecule has 0 bridgehead atoms. The first-order chi connectivity index (χ1) is 9.52. The van der Waals surface area contributed by atoms with Crippen molar-refractivity contribution in [2.24, 2.45) is 10.9 Å². The number of amidine groups is 1. The molecular weight excluding hydrogens is 272 g/mol. The summed E-state index contributed by atoms with van der Waals surface area (Å²) in [5, 5.41) is 11.4. The number of benzene rings is 1. The molecule has 1 atom stereocenters. The minimum atomic E-state index is -0.803. The fraction of sp³-hybridized carbons (Fsp3) is 0.333. The van der Waals surface area contributed by atoms with Crippen molar-refractivity contribution in [2.75, 3.05) is 19.7 Å². The second kappa shape index (κ2) is 5.83. The first-order valence-corrected chi connectivity index (χ1v) is 5.86. The number of oxime groups is 1. The Morgan fingerprint density at radius 3 is 2.95 bits per heavy atom. The molecule has 0 saturated carbocycles. The third-order valence-corrected chi connectivity index (χ3v) is 2.96. The first-order valence-electron chi connectivity index (χ1n) is 5.86. The Labute approximate surface area is 113 Å². The topological polar surface area (TPSA) is 88.2 Å². The summed E-state index contributed by atoms with van der Waals surface area (Å²) in [7, 11) is 0. The van der Waals surface area contributed by atoms with Crippen molar-refractivity contribution < 1.29 is 23.5 Å². The number of nitrogens with two attached hydrogens (primary N) is 1. The van der Waals surface area contributed by atoms with Crippen LogP contribution in [0.25, 0.3) is 0 Å². The first kappa shape index (κ1) is 14.2. The van der Waals surface area contributed by atoms with Crippen LogP contribution in [-0.4, -0.2) is 47.7 Å². The van der Waals surface area contributed by atoms with Crippen LogP contribution in [0.1, 0.15) is 10.4 Å². The molecule has 8 heteroatoms. The fourth-order valence-corrected chi connectivity index (χ4v) is 1.91. The second-order valence-corrected chi connectivity index (χ2v) is 4.26. The van der Waals surface area contributed by atoms with Gasteiger partial charge >= 0.3 is 0 Å². The van der Waals surface area contributed by atoms with Crippen LogP contribution >= 0.6 is 0 Å². The molecule has 2 rings (SSSR count). The van der Waals surface area contributed by atoms with Gasteiger partial charge in [0.1, 0.15) is 17.7 Å². The minimum absolute atomic E-state index is 0.00464. The van der Waals surface area contributed by atoms with Crippen molar-refractivity contribution in [3.05, 3.63) is 35.4 Å². The highest BCUT2D eigenvalue weighted by Gasteiger charge is 2.29. The molecule has 0 aromatic heterocycles. The Bertz CT molecular complexity index is 551. The summed E-state index contributed by atoms with van der Waals surface area (Å²) in [6.45, 7) is 0.373. The molecule has 1 saturated heterocycles. The molecule has 1 aliphatic heterocycles. The average molecular weight is 285 g/mol. The van der Waals surface area contributed by atoms with Gasteiger partial charge in [-0.2, -0.15) is 0 Å². The monoisotopic (exact) mass is 285 g/mol. The van der Waals surface area contributed by atoms with Gasteiger partial charge in [-0.05, 0) is 18.2 Å². The largest absolute Gasteiger partial charge is 0.409 e. The summed E-state index contributed by atoms with van der Waals surface area (Å²) in [6.07, 6.45) is -0.769. The third kappa shape index (κ3) is 2.85. The van der Waals surface area contributed by atoms with Crippen molar-refractivity contribution in [2.45, 2.75) is 6.10 Å². The predicted octanol–water partition coefficient (Wildman–Crippen LogP) is 0.552. The maximum atomic E-state index is 13.6. The van der Waals surface area contributed by atoms with Crippen LogP contribution in [0.4, 0.5) is 8.78 Å². The number of halogens is 2. The summed E-state index contributed by atoms with van der Waals surface area (Å²) in [5.74, 6) is -2.34. The Hall–Kier alpha value is -2.22. The van der Waals surface area contributed by atoms with Gasteiger partial charge in [0.25, 0.3) is 5.91 Å². The van der Waals surface area contributed by atoms with Crippen LogP contribution in [0.3, 0.4) is 0 Å². The average Bonchev–Trinajstić information content (AvgIpc) is 2.48. The molecular formula is C12H13F2N3O3. The standard InChI is InChI=1S/C12H13F2N3O3/c13-7-1-2-9(14)8(5-7)12(18)17-3-4-20-10(6-17)11(15)16-19/h1-2,5,10,19H,3-4,6H2,(H2,15,16). The Kier molecular flexibility index (Phi) is 4.14. The number of carbonyl (C=O) groups excluding carboxylic acids is 1. The zero-order valence-electron chi connectivity index (χ0n) is 10.4. The lowest BCUT2D eigenvalue weighted by Crippen LogP contribution is -2.50. The van der Waals surface area contributed by atoms with E-state index >= 15 is 0 Å². The SMILES string of the molecule is NC(=NO)C1CN(C(=O)c2cc(F)ccc2F)CCO1. The van der Waals surface area contributed by atoms with E-state index in [1.807, 2.05) is 0 Å². The molecule has 1 aromatic carbocycles. The summed E-state index contributed by atoms with van der Waals surface area (Å²) >= 11 is 0. The van der Waals surface area contributed by atoms with Gasteiger partial charge in [-0.3, -0.25) is 4.79 Å². The molecule has 1 fully saturated rings. The van der Waals surface area contributed by atoms with Crippen LogP contribution in [0.5, 0.6) is 0 Å². The maximum Gasteiger partial charge on any atom is 0.257 e. The molecule has 1 amide bonds. The van der Waals surface area contributed by atoms with E-state index in [9.17, 15) is 13.6 Å². The van der Waals surface area contributed by atoms with Crippen LogP contribution in [0, 0.1) is 11.6 Å². The van der Waals surface area contributed by atoms with Gasteiger partial charge in [0.2, 0.25) is 0 Å². The van der Waals surface area contributed by atoms with Gasteiger partial charge in [-0.25, -0.2) is 8.78 Å². The number of nitrogens with zero attached hydrogens (tertiary/aromatic N) is 2. The predicted molar refractivity (Wildman–Crippen MR) is 65.4 cm³/mol. The zero-order chi connectivity index (χ0) is 14.7. The highest BCUT2D eigenvalue weighted by atomic mass is 19.1. The number of carbonyl (C=O) groups is 1. The number of rotatable bonds is 2. The molecule has 1 aliphatic rings. The minimum Gasteiger partial charge on any atom is -0.409 e. The van der Waals surface area contributed by atoms with E-state index in [0.717, 1.165) is 18.2 Å². The van der Waals surface area contributed by atoms with E-state index in [1.165, 1.54) is 4.90 Å². The summed E-state index contributed by atoms with van der Waals surface area (Å²) in [5.41, 5.74) is 5.05. The lowest BCUT2D eigenvalue weighted by Gasteiger charge is -2.32. The highest BCUT2D eigenvalue weighted by Crippen LogP contribution is 2.15. The van der Waals surface area contributed by atoms with E-state index in [-0.39, 0.29) is 31.1 Å². The lowest BCUT2D eigenvalue weighted by molar-refractivity contribution is 0.00652. The molecule has 0 spiro atoms. The van der Waals surface area contributed by atoms with E-state index in [4.69, 9.17) is 15.7 Å². The van der Waals surface area contributed by atoms with Gasteiger partial charge in [0.05, 0.1) is 18.7 Å². The maximum absolute atomic E-state index is 13.6. The van der Waals surface area contributed by atoms with E-state index in [1.54, 1.807) is 0 Å². The van der Waals surface area contributed by atoms with Crippen LogP contribution in [0.15, 0.2) is 23.4 Å². The summed E-state index contributed by atoms with van der Waals surface area (Å²) in [4.78, 5) is 13.4. The summed E-state index contributed by atoms with van der Waals surface area (Å²) < 4.78 is 31.9. The molecule has 1 aromatic rings. The number of amides is 1. The Morgan fingerprint density at radius 1 is 1.50 bits per heavy atom. The summed E-state index contributed by atoms with van der Waals surface area (Å²) in [6, 6.07) is 2.67. The van der Waals surface area contributed by atoms with Gasteiger partial charge in [-0.1, -0.05) is 5.16 Å². The quantitative estimate of drug-likeness (QED) is 0.359. The number of ether oxygens (including phenoxy) is 1. The van der Waals surface area contributed by atoms with Crippen molar-refractivity contribution in [1.82, 2.24) is 4.90 Å². The van der Waals surface area contributed by atoms with Crippen molar-refractivity contribution >= 4 is 11.7 Å². The molecule has 108 valence electrons. The second-order valence-electron chi connectivity index (χ2n) is 4.26. The lowest BCUT2D eigenvalue weighted by atomic mass is 10.1. The smallest absolute Gasteiger partial charge is 0.257 e. The normalized spacial score (nSPS) is 20.0. The van der Waals surface area contributed by atoms with Crippen molar-refractivity contribution in [3.8, 4) is 0 Å². The van der Waals surface area contributed by atoms with Gasteiger partial charge in [0.15, 0.2) is 5.84 Å². The molecule has 6 nitrogen and oxygen atoms in total. The van der Waals surface area contributed by atoms with E-state index in [2.05, 4.69) is 5.16 Å². The number of hydrogen-bond donors (Lipinski definition) is 2. The number of hydrogen-bond acceptors (Lipinski definition) is 4. The Balaban J connectivity index is 2.18. The highest BCUT2D eigenvalue weighted by molar-refractivity contribution is 5.95. The molecule has 3 N–H and O–H groups in total. The van der Waals surface area contributed by atoms with E-state index < -0.39 is 23.6 Å². The molecule has 1 unspecified atom stereocenters. The third-order valence-electron chi connectivity index (χ3n) is 2.96. The molecule has 0 aliphatic carbocycles. The van der Waals surface area contributed by atoms with E-state index in [0.29, 0.717) is 0 Å². The van der Waals surface area contributed by atoms with Crippen LogP contribution in [0.2, 0.25) is 0 Å². The van der Waals surface area contributed by atoms with Gasteiger partial charge < -0.3 is 20.6 Å². The van der Waals surface area contributed by atoms with Crippen molar-refractivity contribution in [1.29, 1.82) is 0 Å². The number of morpholine rings is 1. The van der Waals surface area contributed by atoms with Crippen LogP contribution < -0.4 is 5.73 Å². The molecule has 1 heterocycles. The Morgan fingerprint density at radius 2 is 2.25 bits per heavy atom. The zero-order valence-corrected chi connectivity index (χ0v) is 10.4. The van der Waals surface area contributed by atoms with Crippen LogP contribution in [-0.2, 0) is 4.74 Å².